The molecule has 1 aliphatic heterocycles. The molecule has 1 saturated heterocycles. The summed E-state index contributed by atoms with van der Waals surface area (Å²) in [4.78, 5) is 25.5. The predicted octanol–water partition coefficient (Wildman–Crippen LogP) is 3.21. The van der Waals surface area contributed by atoms with Crippen molar-refractivity contribution in [2.75, 3.05) is 18.4 Å². The summed E-state index contributed by atoms with van der Waals surface area (Å²) in [7, 11) is 0. The van der Waals surface area contributed by atoms with Gasteiger partial charge in [-0.2, -0.15) is 13.2 Å². The number of carbonyl (C=O) groups is 2. The first-order chi connectivity index (χ1) is 10.7. The van der Waals surface area contributed by atoms with Crippen molar-refractivity contribution in [1.29, 1.82) is 0 Å². The van der Waals surface area contributed by atoms with Crippen LogP contribution < -0.4 is 5.32 Å². The average Bonchev–Trinajstić information content (AvgIpc) is 2.48. The zero-order chi connectivity index (χ0) is 17.2. The smallest absolute Gasteiger partial charge is 0.342 e. The van der Waals surface area contributed by atoms with E-state index in [-0.39, 0.29) is 29.5 Å². The minimum atomic E-state index is -4.46. The first-order valence-electron chi connectivity index (χ1n) is 7.49. The number of likely N-dealkylation sites (tertiary alicyclic amines) is 1. The quantitative estimate of drug-likeness (QED) is 0.926. The number of alkyl halides is 3. The number of piperidine rings is 1. The molecule has 1 aliphatic rings. The van der Waals surface area contributed by atoms with Crippen molar-refractivity contribution in [3.8, 4) is 0 Å². The fraction of sp³-hybridized carbons (Fsp3) is 0.500. The molecule has 0 radical (unpaired) electrons. The van der Waals surface area contributed by atoms with E-state index >= 15 is 0 Å². The molecule has 7 heteroatoms. The van der Waals surface area contributed by atoms with Crippen LogP contribution in [-0.2, 0) is 15.8 Å². The summed E-state index contributed by atoms with van der Waals surface area (Å²) < 4.78 is 38.7. The molecule has 1 N–H and O–H groups in total. The fourth-order valence-corrected chi connectivity index (χ4v) is 2.68. The van der Waals surface area contributed by atoms with E-state index in [0.29, 0.717) is 19.5 Å². The largest absolute Gasteiger partial charge is 0.416 e. The van der Waals surface area contributed by atoms with Gasteiger partial charge in [0, 0.05) is 25.2 Å². The molecule has 0 bridgehead atoms. The molecule has 1 unspecified atom stereocenters. The highest BCUT2D eigenvalue weighted by Crippen LogP contribution is 2.33. The zero-order valence-corrected chi connectivity index (χ0v) is 13.0. The fourth-order valence-electron chi connectivity index (χ4n) is 2.68. The minimum absolute atomic E-state index is 0.00578. The maximum atomic E-state index is 12.9. The summed E-state index contributed by atoms with van der Waals surface area (Å²) >= 11 is 0. The van der Waals surface area contributed by atoms with E-state index < -0.39 is 17.7 Å². The van der Waals surface area contributed by atoms with Crippen LogP contribution in [0.3, 0.4) is 0 Å². The number of benzene rings is 1. The van der Waals surface area contributed by atoms with Crippen LogP contribution in [0.15, 0.2) is 18.2 Å². The summed E-state index contributed by atoms with van der Waals surface area (Å²) in [6, 6.07) is 3.73. The highest BCUT2D eigenvalue weighted by molar-refractivity contribution is 5.94. The van der Waals surface area contributed by atoms with Gasteiger partial charge in [0.1, 0.15) is 0 Å². The summed E-state index contributed by atoms with van der Waals surface area (Å²) in [5, 5.41) is 2.53. The number of halogens is 3. The molecule has 0 aromatic heterocycles. The second-order valence-corrected chi connectivity index (χ2v) is 5.68. The van der Waals surface area contributed by atoms with E-state index in [1.54, 1.807) is 4.90 Å². The van der Waals surface area contributed by atoms with Crippen molar-refractivity contribution in [3.05, 3.63) is 29.3 Å². The van der Waals surface area contributed by atoms with E-state index in [9.17, 15) is 22.8 Å². The number of aryl methyl sites for hydroxylation is 1. The van der Waals surface area contributed by atoms with Gasteiger partial charge in [0.05, 0.1) is 11.5 Å². The van der Waals surface area contributed by atoms with Crippen LogP contribution in [0.1, 0.15) is 30.9 Å². The van der Waals surface area contributed by atoms with Crippen LogP contribution in [0.5, 0.6) is 0 Å². The third kappa shape index (κ3) is 4.03. The maximum absolute atomic E-state index is 12.9. The van der Waals surface area contributed by atoms with Crippen LogP contribution >= 0.6 is 0 Å². The van der Waals surface area contributed by atoms with Gasteiger partial charge in [-0.25, -0.2) is 0 Å². The highest BCUT2D eigenvalue weighted by atomic mass is 19.4. The molecule has 2 amide bonds. The summed E-state index contributed by atoms with van der Waals surface area (Å²) in [5.41, 5.74) is -0.534. The van der Waals surface area contributed by atoms with E-state index in [1.807, 2.05) is 6.92 Å². The second-order valence-electron chi connectivity index (χ2n) is 5.68. The van der Waals surface area contributed by atoms with Crippen molar-refractivity contribution in [3.63, 3.8) is 0 Å². The van der Waals surface area contributed by atoms with E-state index in [2.05, 4.69) is 5.32 Å². The van der Waals surface area contributed by atoms with Gasteiger partial charge in [-0.3, -0.25) is 9.59 Å². The number of amides is 2. The van der Waals surface area contributed by atoms with E-state index in [1.165, 1.54) is 19.1 Å². The van der Waals surface area contributed by atoms with Crippen LogP contribution in [0.2, 0.25) is 0 Å². The van der Waals surface area contributed by atoms with Crippen molar-refractivity contribution in [1.82, 2.24) is 4.90 Å². The lowest BCUT2D eigenvalue weighted by atomic mass is 9.96. The number of nitrogens with one attached hydrogen (secondary N) is 1. The molecule has 1 aromatic rings. The van der Waals surface area contributed by atoms with Crippen LogP contribution in [0.25, 0.3) is 0 Å². The van der Waals surface area contributed by atoms with Gasteiger partial charge < -0.3 is 10.2 Å². The van der Waals surface area contributed by atoms with Crippen molar-refractivity contribution < 1.29 is 22.8 Å². The molecule has 23 heavy (non-hydrogen) atoms. The molecular formula is C16H19F3N2O2. The van der Waals surface area contributed by atoms with E-state index in [0.717, 1.165) is 6.07 Å². The summed E-state index contributed by atoms with van der Waals surface area (Å²) in [6.07, 6.45) is -3.76. The third-order valence-corrected chi connectivity index (χ3v) is 4.06. The number of carbonyl (C=O) groups excluding carboxylic acids is 2. The SMILES string of the molecule is CCN1CC(C(=O)Nc2ccc(C)c(C(F)(F)F)c2)CCC1=O. The Kier molecular flexibility index (Phi) is 4.97. The van der Waals surface area contributed by atoms with Gasteiger partial charge in [0.25, 0.3) is 0 Å². The Labute approximate surface area is 132 Å². The number of hydrogen-bond acceptors (Lipinski definition) is 2. The Morgan fingerprint density at radius 2 is 2.09 bits per heavy atom. The van der Waals surface area contributed by atoms with Gasteiger partial charge in [-0.1, -0.05) is 6.07 Å². The lowest BCUT2D eigenvalue weighted by molar-refractivity contribution is -0.138. The molecule has 1 aromatic carbocycles. The number of hydrogen-bond donors (Lipinski definition) is 1. The van der Waals surface area contributed by atoms with Crippen LogP contribution in [0.4, 0.5) is 18.9 Å². The second kappa shape index (κ2) is 6.60. The van der Waals surface area contributed by atoms with Gasteiger partial charge in [0.2, 0.25) is 11.8 Å². The monoisotopic (exact) mass is 328 g/mol. The van der Waals surface area contributed by atoms with Gasteiger partial charge >= 0.3 is 6.18 Å². The lowest BCUT2D eigenvalue weighted by Crippen LogP contribution is -2.43. The maximum Gasteiger partial charge on any atom is 0.416 e. The molecule has 2 rings (SSSR count). The molecule has 1 heterocycles. The number of nitrogens with zero attached hydrogens (tertiary/aromatic N) is 1. The van der Waals surface area contributed by atoms with Crippen molar-refractivity contribution >= 4 is 17.5 Å². The Balaban J connectivity index is 2.10. The Morgan fingerprint density at radius 1 is 1.39 bits per heavy atom. The summed E-state index contributed by atoms with van der Waals surface area (Å²) in [6.45, 7) is 4.03. The van der Waals surface area contributed by atoms with Crippen molar-refractivity contribution in [2.45, 2.75) is 32.9 Å². The molecule has 126 valence electrons. The number of anilines is 1. The first-order valence-corrected chi connectivity index (χ1v) is 7.49. The lowest BCUT2D eigenvalue weighted by Gasteiger charge is -2.31. The van der Waals surface area contributed by atoms with Crippen LogP contribution in [0, 0.1) is 12.8 Å². The first kappa shape index (κ1) is 17.3. The molecule has 0 aliphatic carbocycles. The van der Waals surface area contributed by atoms with Gasteiger partial charge in [0.15, 0.2) is 0 Å². The zero-order valence-electron chi connectivity index (χ0n) is 13.0. The molecule has 1 fully saturated rings. The Hall–Kier alpha value is -2.05. The van der Waals surface area contributed by atoms with E-state index in [4.69, 9.17) is 0 Å². The molecular weight excluding hydrogens is 309 g/mol. The predicted molar refractivity (Wildman–Crippen MR) is 79.8 cm³/mol. The average molecular weight is 328 g/mol. The number of rotatable bonds is 3. The highest BCUT2D eigenvalue weighted by Gasteiger charge is 2.33. The van der Waals surface area contributed by atoms with Crippen molar-refractivity contribution in [2.24, 2.45) is 5.92 Å². The Morgan fingerprint density at radius 3 is 2.70 bits per heavy atom. The van der Waals surface area contributed by atoms with Crippen LogP contribution in [-0.4, -0.2) is 29.8 Å². The molecule has 0 saturated carbocycles. The molecule has 4 nitrogen and oxygen atoms in total. The third-order valence-electron chi connectivity index (χ3n) is 4.06. The van der Waals surface area contributed by atoms with Gasteiger partial charge in [-0.15, -0.1) is 0 Å². The topological polar surface area (TPSA) is 49.4 Å². The molecule has 1 atom stereocenters. The minimum Gasteiger partial charge on any atom is -0.342 e. The standard InChI is InChI=1S/C16H19F3N2O2/c1-3-21-9-11(5-7-14(21)22)15(23)20-12-6-4-10(2)13(8-12)16(17,18)19/h4,6,8,11H,3,5,7,9H2,1-2H3,(H,20,23). The van der Waals surface area contributed by atoms with Gasteiger partial charge in [-0.05, 0) is 38.0 Å². The summed E-state index contributed by atoms with van der Waals surface area (Å²) in [5.74, 6) is -0.748. The molecule has 0 spiro atoms. The normalized spacial score (nSPS) is 18.9. The Bertz CT molecular complexity index is 614.